The minimum atomic E-state index is -0.332. The van der Waals surface area contributed by atoms with Crippen LogP contribution in [-0.2, 0) is 4.79 Å². The van der Waals surface area contributed by atoms with Gasteiger partial charge in [-0.3, -0.25) is 14.9 Å². The van der Waals surface area contributed by atoms with Gasteiger partial charge in [0.25, 0.3) is 11.1 Å². The summed E-state index contributed by atoms with van der Waals surface area (Å²) >= 11 is 0.939. The van der Waals surface area contributed by atoms with Crippen LogP contribution in [0.25, 0.3) is 17.2 Å². The predicted molar refractivity (Wildman–Crippen MR) is 114 cm³/mol. The van der Waals surface area contributed by atoms with Crippen LogP contribution in [0.5, 0.6) is 0 Å². The number of rotatable bonds is 5. The lowest BCUT2D eigenvalue weighted by molar-refractivity contribution is -0.115. The highest BCUT2D eigenvalue weighted by molar-refractivity contribution is 8.18. The Hall–Kier alpha value is -2.53. The average Bonchev–Trinajstić information content (AvgIpc) is 2.92. The zero-order valence-corrected chi connectivity index (χ0v) is 16.8. The van der Waals surface area contributed by atoms with Crippen molar-refractivity contribution in [1.82, 2.24) is 5.32 Å². The van der Waals surface area contributed by atoms with E-state index in [0.29, 0.717) is 17.0 Å². The number of nitrogens with one attached hydrogen (secondary N) is 1. The second kappa shape index (κ2) is 8.01. The zero-order valence-electron chi connectivity index (χ0n) is 16.0. The molecular weight excluding hydrogens is 356 g/mol. The van der Waals surface area contributed by atoms with Crippen molar-refractivity contribution in [2.45, 2.75) is 39.8 Å². The second-order valence-corrected chi connectivity index (χ2v) is 8.10. The molecule has 1 N–H and O–H groups in total. The van der Waals surface area contributed by atoms with Crippen molar-refractivity contribution in [3.63, 3.8) is 0 Å². The zero-order chi connectivity index (χ0) is 19.6. The summed E-state index contributed by atoms with van der Waals surface area (Å²) in [6.07, 6.45) is 1.76. The Labute approximate surface area is 164 Å². The van der Waals surface area contributed by atoms with Gasteiger partial charge in [0.1, 0.15) is 0 Å². The van der Waals surface area contributed by atoms with Crippen molar-refractivity contribution in [3.8, 4) is 11.1 Å². The molecule has 2 aromatic carbocycles. The lowest BCUT2D eigenvalue weighted by Gasteiger charge is -2.34. The number of imide groups is 1. The topological polar surface area (TPSA) is 49.4 Å². The van der Waals surface area contributed by atoms with Crippen LogP contribution in [0, 0.1) is 0 Å². The average molecular weight is 381 g/mol. The third-order valence-electron chi connectivity index (χ3n) is 4.43. The van der Waals surface area contributed by atoms with Crippen molar-refractivity contribution < 1.29 is 9.59 Å². The Bertz CT molecular complexity index is 895. The van der Waals surface area contributed by atoms with E-state index in [1.165, 1.54) is 5.69 Å². The molecule has 2 aromatic rings. The van der Waals surface area contributed by atoms with Gasteiger partial charge in [-0.1, -0.05) is 36.4 Å². The molecule has 4 nitrogen and oxygen atoms in total. The number of carbonyl (C=O) groups is 2. The minimum absolute atomic E-state index is 0.322. The largest absolute Gasteiger partial charge is 0.366 e. The van der Waals surface area contributed by atoms with Crippen molar-refractivity contribution in [2.24, 2.45) is 0 Å². The Kier molecular flexibility index (Phi) is 5.71. The monoisotopic (exact) mass is 380 g/mol. The van der Waals surface area contributed by atoms with Crippen molar-refractivity contribution >= 4 is 34.7 Å². The van der Waals surface area contributed by atoms with Gasteiger partial charge in [0.05, 0.1) is 4.91 Å². The number of carbonyl (C=O) groups excluding carboxylic acids is 2. The smallest absolute Gasteiger partial charge is 0.290 e. The molecule has 0 saturated carbocycles. The molecule has 0 spiro atoms. The molecule has 1 heterocycles. The molecule has 0 aromatic heterocycles. The van der Waals surface area contributed by atoms with E-state index in [0.717, 1.165) is 28.5 Å². The molecule has 2 amide bonds. The lowest BCUT2D eigenvalue weighted by Crippen LogP contribution is -2.37. The van der Waals surface area contributed by atoms with Gasteiger partial charge in [-0.05, 0) is 68.8 Å². The summed E-state index contributed by atoms with van der Waals surface area (Å²) in [7, 11) is 0. The molecule has 1 aliphatic heterocycles. The van der Waals surface area contributed by atoms with E-state index in [1.807, 2.05) is 18.2 Å². The van der Waals surface area contributed by atoms with Gasteiger partial charge in [0.2, 0.25) is 0 Å². The molecule has 0 bridgehead atoms. The molecule has 0 atom stereocenters. The highest BCUT2D eigenvalue weighted by atomic mass is 32.2. The molecule has 0 aliphatic carbocycles. The molecule has 27 heavy (non-hydrogen) atoms. The van der Waals surface area contributed by atoms with Crippen LogP contribution in [-0.4, -0.2) is 23.2 Å². The van der Waals surface area contributed by atoms with E-state index >= 15 is 0 Å². The maximum atomic E-state index is 11.8. The van der Waals surface area contributed by atoms with Gasteiger partial charge in [0, 0.05) is 23.3 Å². The Morgan fingerprint density at radius 2 is 1.67 bits per heavy atom. The van der Waals surface area contributed by atoms with Crippen molar-refractivity contribution in [2.75, 3.05) is 4.90 Å². The number of benzene rings is 2. The molecule has 140 valence electrons. The summed E-state index contributed by atoms with van der Waals surface area (Å²) in [6.45, 7) is 8.80. The van der Waals surface area contributed by atoms with E-state index in [-0.39, 0.29) is 11.1 Å². The van der Waals surface area contributed by atoms with Crippen LogP contribution in [0.2, 0.25) is 0 Å². The number of anilines is 1. The summed E-state index contributed by atoms with van der Waals surface area (Å²) < 4.78 is 0. The maximum Gasteiger partial charge on any atom is 0.290 e. The Morgan fingerprint density at radius 3 is 2.30 bits per heavy atom. The van der Waals surface area contributed by atoms with Crippen molar-refractivity contribution in [1.29, 1.82) is 0 Å². The fraction of sp³-hybridized carbons (Fsp3) is 0.273. The van der Waals surface area contributed by atoms with E-state index < -0.39 is 0 Å². The number of thioether (sulfide) groups is 1. The van der Waals surface area contributed by atoms with Crippen LogP contribution < -0.4 is 10.2 Å². The summed E-state index contributed by atoms with van der Waals surface area (Å²) in [5.74, 6) is -0.332. The minimum Gasteiger partial charge on any atom is -0.366 e. The molecule has 5 heteroatoms. The number of nitrogens with zero attached hydrogens (tertiary/aromatic N) is 1. The predicted octanol–water partition coefficient (Wildman–Crippen LogP) is 5.30. The molecule has 3 rings (SSSR count). The van der Waals surface area contributed by atoms with Crippen LogP contribution in [0.1, 0.15) is 33.3 Å². The maximum absolute atomic E-state index is 11.8. The first kappa shape index (κ1) is 19.2. The first-order valence-corrected chi connectivity index (χ1v) is 9.91. The fourth-order valence-corrected chi connectivity index (χ4v) is 4.15. The summed E-state index contributed by atoms with van der Waals surface area (Å²) in [4.78, 5) is 26.0. The Balaban J connectivity index is 2.03. The number of amides is 2. The van der Waals surface area contributed by atoms with Gasteiger partial charge < -0.3 is 4.90 Å². The van der Waals surface area contributed by atoms with E-state index in [2.05, 4.69) is 68.2 Å². The third kappa shape index (κ3) is 4.25. The molecule has 1 saturated heterocycles. The molecule has 0 unspecified atom stereocenters. The van der Waals surface area contributed by atoms with Gasteiger partial charge in [-0.2, -0.15) is 0 Å². The van der Waals surface area contributed by atoms with E-state index in [9.17, 15) is 9.59 Å². The normalized spacial score (nSPS) is 15.7. The van der Waals surface area contributed by atoms with Crippen LogP contribution in [0.15, 0.2) is 53.4 Å². The summed E-state index contributed by atoms with van der Waals surface area (Å²) in [5.41, 5.74) is 4.33. The molecule has 1 aliphatic rings. The fourth-order valence-electron chi connectivity index (χ4n) is 3.46. The molecule has 0 radical (unpaired) electrons. The van der Waals surface area contributed by atoms with Crippen LogP contribution >= 0.6 is 11.8 Å². The quantitative estimate of drug-likeness (QED) is 0.715. The van der Waals surface area contributed by atoms with Gasteiger partial charge >= 0.3 is 0 Å². The van der Waals surface area contributed by atoms with Crippen molar-refractivity contribution in [3.05, 3.63) is 59.0 Å². The number of hydrogen-bond acceptors (Lipinski definition) is 4. The second-order valence-electron chi connectivity index (χ2n) is 7.09. The lowest BCUT2D eigenvalue weighted by atomic mass is 9.99. The molecular formula is C22H24N2O2S. The third-order valence-corrected chi connectivity index (χ3v) is 5.24. The molecule has 1 fully saturated rings. The van der Waals surface area contributed by atoms with Gasteiger partial charge in [-0.25, -0.2) is 0 Å². The van der Waals surface area contributed by atoms with Crippen LogP contribution in [0.4, 0.5) is 10.5 Å². The van der Waals surface area contributed by atoms with Crippen LogP contribution in [0.3, 0.4) is 0 Å². The highest BCUT2D eigenvalue weighted by Gasteiger charge is 2.25. The number of para-hydroxylation sites is 1. The summed E-state index contributed by atoms with van der Waals surface area (Å²) in [6, 6.07) is 17.2. The Morgan fingerprint density at radius 1 is 0.963 bits per heavy atom. The first-order valence-electron chi connectivity index (χ1n) is 9.09. The van der Waals surface area contributed by atoms with E-state index in [1.54, 1.807) is 6.08 Å². The SMILES string of the molecule is CC(C)N(c1ccccc1-c1cccc(/C=C2\SC(=O)NC2=O)c1)C(C)C. The van der Waals surface area contributed by atoms with E-state index in [4.69, 9.17) is 0 Å². The first-order chi connectivity index (χ1) is 12.9. The number of hydrogen-bond donors (Lipinski definition) is 1. The van der Waals surface area contributed by atoms with Gasteiger partial charge in [-0.15, -0.1) is 0 Å². The highest BCUT2D eigenvalue weighted by Crippen LogP contribution is 2.34. The summed E-state index contributed by atoms with van der Waals surface area (Å²) in [5, 5.41) is 1.97. The van der Waals surface area contributed by atoms with Gasteiger partial charge in [0.15, 0.2) is 0 Å². The standard InChI is InChI=1S/C22H24N2O2S/c1-14(2)24(15(3)4)19-11-6-5-10-18(19)17-9-7-8-16(12-17)13-20-21(25)23-22(26)27-20/h5-15H,1-4H3,(H,23,25,26)/b20-13-.